The first-order valence-electron chi connectivity index (χ1n) is 6.07. The van der Waals surface area contributed by atoms with Gasteiger partial charge in [-0.25, -0.2) is 0 Å². The van der Waals surface area contributed by atoms with Crippen LogP contribution in [0.3, 0.4) is 0 Å². The molecule has 0 saturated carbocycles. The van der Waals surface area contributed by atoms with Crippen LogP contribution in [0.1, 0.15) is 45.4 Å². The highest BCUT2D eigenvalue weighted by Gasteiger charge is 2.26. The topological polar surface area (TPSA) is 23.5 Å². The Kier molecular flexibility index (Phi) is 7.74. The molecule has 0 radical (unpaired) electrons. The molecule has 1 saturated heterocycles. The zero-order chi connectivity index (χ0) is 11.1. The zero-order valence-electron chi connectivity index (χ0n) is 9.58. The van der Waals surface area contributed by atoms with Crippen LogP contribution in [0.4, 0.5) is 0 Å². The van der Waals surface area contributed by atoms with Gasteiger partial charge in [0.25, 0.3) is 0 Å². The third kappa shape index (κ3) is 5.29. The molecular formula is C11H23INOP. The number of aliphatic hydroxyl groups excluding tert-OH is 1. The predicted octanol–water partition coefficient (Wildman–Crippen LogP) is 3.58. The highest BCUT2D eigenvalue weighted by atomic mass is 127. The van der Waals surface area contributed by atoms with Crippen LogP contribution in [0.15, 0.2) is 0 Å². The molecule has 1 fully saturated rings. The predicted molar refractivity (Wildman–Crippen MR) is 76.8 cm³/mol. The van der Waals surface area contributed by atoms with Crippen molar-refractivity contribution in [2.45, 2.75) is 51.6 Å². The van der Waals surface area contributed by atoms with E-state index < -0.39 is 0 Å². The highest BCUT2D eigenvalue weighted by molar-refractivity contribution is 14.2. The zero-order valence-corrected chi connectivity index (χ0v) is 12.7. The summed E-state index contributed by atoms with van der Waals surface area (Å²) in [5.74, 6) is 0.540. The molecule has 0 aromatic carbocycles. The van der Waals surface area contributed by atoms with E-state index >= 15 is 0 Å². The Morgan fingerprint density at radius 1 is 1.40 bits per heavy atom. The normalized spacial score (nSPS) is 29.0. The summed E-state index contributed by atoms with van der Waals surface area (Å²) in [4.78, 5) is 0. The maximum Gasteiger partial charge on any atom is 0.0593 e. The lowest BCUT2D eigenvalue weighted by Crippen LogP contribution is -2.38. The van der Waals surface area contributed by atoms with Crippen LogP contribution in [-0.4, -0.2) is 29.0 Å². The number of hydrogen-bond donors (Lipinski definition) is 1. The van der Waals surface area contributed by atoms with Gasteiger partial charge >= 0.3 is 0 Å². The van der Waals surface area contributed by atoms with Crippen molar-refractivity contribution in [2.24, 2.45) is 5.92 Å². The van der Waals surface area contributed by atoms with E-state index in [9.17, 15) is 5.11 Å². The number of rotatable bonds is 6. The molecule has 0 aromatic heterocycles. The van der Waals surface area contributed by atoms with E-state index in [2.05, 4.69) is 33.6 Å². The number of hydrogen-bond acceptors (Lipinski definition) is 2. The van der Waals surface area contributed by atoms with Crippen LogP contribution in [0.5, 0.6) is 0 Å². The molecule has 2 nitrogen and oxygen atoms in total. The van der Waals surface area contributed by atoms with Crippen LogP contribution in [-0.2, 0) is 0 Å². The van der Waals surface area contributed by atoms with Crippen molar-refractivity contribution in [1.82, 2.24) is 4.67 Å². The molecule has 0 aromatic rings. The van der Waals surface area contributed by atoms with Crippen LogP contribution in [0, 0.1) is 5.92 Å². The fourth-order valence-corrected chi connectivity index (χ4v) is 4.05. The fraction of sp³-hybridized carbons (Fsp3) is 1.00. The van der Waals surface area contributed by atoms with E-state index in [1.54, 1.807) is 0 Å². The molecular weight excluding hydrogens is 320 g/mol. The number of piperidine rings is 1. The van der Waals surface area contributed by atoms with Crippen LogP contribution < -0.4 is 0 Å². The maximum absolute atomic E-state index is 9.91. The van der Waals surface area contributed by atoms with Gasteiger partial charge in [-0.15, -0.1) is 0 Å². The molecule has 0 bridgehead atoms. The molecule has 1 aliphatic heterocycles. The SMILES string of the molecule is CCCCCC[C@@H]1CN(PI)CCC1O. The summed E-state index contributed by atoms with van der Waals surface area (Å²) < 4.78 is 2.48. The lowest BCUT2D eigenvalue weighted by atomic mass is 9.91. The summed E-state index contributed by atoms with van der Waals surface area (Å²) in [6, 6.07) is 0. The van der Waals surface area contributed by atoms with E-state index in [0.717, 1.165) is 25.9 Å². The summed E-state index contributed by atoms with van der Waals surface area (Å²) >= 11 is 2.45. The third-order valence-electron chi connectivity index (χ3n) is 3.24. The van der Waals surface area contributed by atoms with Gasteiger partial charge in [-0.3, -0.25) is 4.67 Å². The van der Waals surface area contributed by atoms with Gasteiger partial charge in [0.2, 0.25) is 0 Å². The van der Waals surface area contributed by atoms with E-state index in [-0.39, 0.29) is 6.10 Å². The summed E-state index contributed by atoms with van der Waals surface area (Å²) in [6.07, 6.45) is 8.34. The van der Waals surface area contributed by atoms with Crippen molar-refractivity contribution < 1.29 is 5.11 Å². The largest absolute Gasteiger partial charge is 0.393 e. The van der Waals surface area contributed by atoms with Crippen LogP contribution in [0.2, 0.25) is 0 Å². The number of unbranched alkanes of at least 4 members (excludes halogenated alkanes) is 3. The van der Waals surface area contributed by atoms with Crippen molar-refractivity contribution in [3.05, 3.63) is 0 Å². The van der Waals surface area contributed by atoms with E-state index in [0.29, 0.717) is 5.92 Å². The second kappa shape index (κ2) is 8.21. The lowest BCUT2D eigenvalue weighted by Gasteiger charge is -2.34. The van der Waals surface area contributed by atoms with Crippen molar-refractivity contribution in [1.29, 1.82) is 0 Å². The molecule has 4 heteroatoms. The molecule has 2 unspecified atom stereocenters. The number of halogens is 1. The van der Waals surface area contributed by atoms with Gasteiger partial charge in [0, 0.05) is 19.5 Å². The smallest absolute Gasteiger partial charge is 0.0593 e. The van der Waals surface area contributed by atoms with Crippen molar-refractivity contribution >= 4 is 28.4 Å². The summed E-state index contributed by atoms with van der Waals surface area (Å²) in [7, 11) is 0. The first-order valence-corrected chi connectivity index (χ1v) is 10.1. The molecule has 15 heavy (non-hydrogen) atoms. The minimum Gasteiger partial charge on any atom is -0.393 e. The minimum atomic E-state index is -0.0318. The van der Waals surface area contributed by atoms with E-state index in [1.165, 1.54) is 32.1 Å². The molecule has 0 spiro atoms. The molecule has 1 heterocycles. The maximum atomic E-state index is 9.91. The number of aliphatic hydroxyl groups is 1. The van der Waals surface area contributed by atoms with Gasteiger partial charge in [-0.1, -0.05) is 32.6 Å². The van der Waals surface area contributed by atoms with E-state index in [1.807, 2.05) is 0 Å². The Hall–Kier alpha value is 1.08. The van der Waals surface area contributed by atoms with Gasteiger partial charge in [0.05, 0.1) is 6.10 Å². The van der Waals surface area contributed by atoms with Gasteiger partial charge in [-0.2, -0.15) is 0 Å². The standard InChI is InChI=1S/C11H23INOP/c1-2-3-4-5-6-10-9-13(15-12)8-7-11(10)14/h10-11,14-15H,2-9H2,1H3/t10-,11?/m1/s1. The summed E-state index contributed by atoms with van der Waals surface area (Å²) in [5, 5.41) is 9.91. The molecule has 90 valence electrons. The lowest BCUT2D eigenvalue weighted by molar-refractivity contribution is 0.0507. The van der Waals surface area contributed by atoms with Crippen molar-refractivity contribution in [2.75, 3.05) is 13.1 Å². The average Bonchev–Trinajstić information content (AvgIpc) is 2.26. The monoisotopic (exact) mass is 343 g/mol. The van der Waals surface area contributed by atoms with Crippen LogP contribution in [0.25, 0.3) is 0 Å². The molecule has 0 amide bonds. The molecule has 1 aliphatic rings. The van der Waals surface area contributed by atoms with Gasteiger partial charge < -0.3 is 5.11 Å². The van der Waals surface area contributed by atoms with Crippen molar-refractivity contribution in [3.8, 4) is 0 Å². The summed E-state index contributed by atoms with van der Waals surface area (Å²) in [5.41, 5.74) is 0. The van der Waals surface area contributed by atoms with Gasteiger partial charge in [0.15, 0.2) is 0 Å². The van der Waals surface area contributed by atoms with Gasteiger partial charge in [0.1, 0.15) is 0 Å². The minimum absolute atomic E-state index is 0.0318. The first kappa shape index (κ1) is 14.1. The van der Waals surface area contributed by atoms with Gasteiger partial charge in [-0.05, 0) is 40.8 Å². The molecule has 0 aliphatic carbocycles. The Labute approximate surface area is 109 Å². The average molecular weight is 343 g/mol. The molecule has 3 atom stereocenters. The van der Waals surface area contributed by atoms with Crippen molar-refractivity contribution in [3.63, 3.8) is 0 Å². The Balaban J connectivity index is 2.19. The van der Waals surface area contributed by atoms with Crippen LogP contribution >= 0.6 is 28.4 Å². The second-order valence-electron chi connectivity index (χ2n) is 4.50. The highest BCUT2D eigenvalue weighted by Crippen LogP contribution is 2.33. The molecule has 1 N–H and O–H groups in total. The molecule has 1 rings (SSSR count). The Morgan fingerprint density at radius 3 is 2.87 bits per heavy atom. The third-order valence-corrected chi connectivity index (χ3v) is 5.93. The fourth-order valence-electron chi connectivity index (χ4n) is 2.21. The first-order chi connectivity index (χ1) is 7.27. The van der Waals surface area contributed by atoms with E-state index in [4.69, 9.17) is 0 Å². The summed E-state index contributed by atoms with van der Waals surface area (Å²) in [6.45, 7) is 4.46. The number of nitrogens with zero attached hydrogens (tertiary/aromatic N) is 1. The quantitative estimate of drug-likeness (QED) is 0.453. The Morgan fingerprint density at radius 2 is 2.20 bits per heavy atom. The Bertz CT molecular complexity index is 171. The second-order valence-corrected chi connectivity index (χ2v) is 6.74.